The molecule has 1 aromatic carbocycles. The molecule has 3 heteroatoms. The molecule has 16 heavy (non-hydrogen) atoms. The van der Waals surface area contributed by atoms with Gasteiger partial charge in [-0.05, 0) is 11.5 Å². The Hall–Kier alpha value is -1.61. The van der Waals surface area contributed by atoms with Crippen LogP contribution in [0.2, 0.25) is 0 Å². The van der Waals surface area contributed by atoms with Gasteiger partial charge in [0.15, 0.2) is 0 Å². The van der Waals surface area contributed by atoms with Crippen LogP contribution in [0.1, 0.15) is 25.5 Å². The first-order valence-electron chi connectivity index (χ1n) is 5.34. The minimum absolute atomic E-state index is 0.0441. The van der Waals surface area contributed by atoms with Gasteiger partial charge in [0, 0.05) is 6.92 Å². The second-order valence-electron chi connectivity index (χ2n) is 3.81. The van der Waals surface area contributed by atoms with Gasteiger partial charge in [0.2, 0.25) is 5.91 Å². The van der Waals surface area contributed by atoms with Gasteiger partial charge in [-0.3, -0.25) is 10.2 Å². The van der Waals surface area contributed by atoms with Crippen molar-refractivity contribution >= 4 is 5.91 Å². The van der Waals surface area contributed by atoms with Gasteiger partial charge in [-0.2, -0.15) is 0 Å². The zero-order chi connectivity index (χ0) is 12.0. The fourth-order valence-corrected chi connectivity index (χ4v) is 1.49. The van der Waals surface area contributed by atoms with Crippen molar-refractivity contribution in [2.75, 3.05) is 0 Å². The molecule has 0 aliphatic heterocycles. The van der Waals surface area contributed by atoms with Crippen LogP contribution in [0.4, 0.5) is 0 Å². The number of amides is 1. The van der Waals surface area contributed by atoms with E-state index in [2.05, 4.69) is 24.4 Å². The van der Waals surface area contributed by atoms with Gasteiger partial charge in [0.1, 0.15) is 0 Å². The van der Waals surface area contributed by atoms with Crippen LogP contribution in [-0.2, 0) is 4.79 Å². The smallest absolute Gasteiger partial charge is 0.230 e. The van der Waals surface area contributed by atoms with E-state index in [0.717, 1.165) is 5.56 Å². The summed E-state index contributed by atoms with van der Waals surface area (Å²) in [4.78, 5) is 10.9. The standard InChI is InChI=1S/C13H18N2O/c1-4-10(2)13(15-14-11(3)16)12-8-6-5-7-9-12/h4-10,13,15H,1H2,2-3H3,(H,14,16)/t10-,13-/m1/s1. The highest BCUT2D eigenvalue weighted by Crippen LogP contribution is 2.21. The summed E-state index contributed by atoms with van der Waals surface area (Å²) in [6.07, 6.45) is 1.87. The molecular weight excluding hydrogens is 200 g/mol. The van der Waals surface area contributed by atoms with Crippen molar-refractivity contribution < 1.29 is 4.79 Å². The van der Waals surface area contributed by atoms with Crippen LogP contribution >= 0.6 is 0 Å². The van der Waals surface area contributed by atoms with E-state index in [9.17, 15) is 4.79 Å². The fraction of sp³-hybridized carbons (Fsp3) is 0.308. The Balaban J connectivity index is 2.79. The summed E-state index contributed by atoms with van der Waals surface area (Å²) in [5.74, 6) is 0.131. The van der Waals surface area contributed by atoms with Gasteiger partial charge in [-0.1, -0.05) is 43.3 Å². The molecular formula is C13H18N2O. The van der Waals surface area contributed by atoms with Crippen molar-refractivity contribution in [3.05, 3.63) is 48.6 Å². The zero-order valence-electron chi connectivity index (χ0n) is 9.73. The highest BCUT2D eigenvalue weighted by molar-refractivity contribution is 5.72. The third kappa shape index (κ3) is 3.51. The molecule has 3 nitrogen and oxygen atoms in total. The number of nitrogens with one attached hydrogen (secondary N) is 2. The van der Waals surface area contributed by atoms with Crippen molar-refractivity contribution in [1.29, 1.82) is 0 Å². The maximum Gasteiger partial charge on any atom is 0.230 e. The van der Waals surface area contributed by atoms with E-state index >= 15 is 0 Å². The summed E-state index contributed by atoms with van der Waals surface area (Å²) in [5.41, 5.74) is 6.77. The fourth-order valence-electron chi connectivity index (χ4n) is 1.49. The van der Waals surface area contributed by atoms with Crippen LogP contribution in [0.5, 0.6) is 0 Å². The predicted octanol–water partition coefficient (Wildman–Crippen LogP) is 2.19. The Morgan fingerprint density at radius 3 is 2.50 bits per heavy atom. The molecule has 0 spiro atoms. The summed E-state index contributed by atoms with van der Waals surface area (Å²) in [6, 6.07) is 10.0. The number of carbonyl (C=O) groups is 1. The first kappa shape index (κ1) is 12.5. The first-order valence-corrected chi connectivity index (χ1v) is 5.34. The van der Waals surface area contributed by atoms with E-state index in [1.807, 2.05) is 36.4 Å². The second-order valence-corrected chi connectivity index (χ2v) is 3.81. The second kappa shape index (κ2) is 6.08. The molecule has 0 unspecified atom stereocenters. The summed E-state index contributed by atoms with van der Waals surface area (Å²) in [6.45, 7) is 7.32. The van der Waals surface area contributed by atoms with Crippen molar-refractivity contribution in [3.8, 4) is 0 Å². The van der Waals surface area contributed by atoms with Crippen molar-refractivity contribution in [2.24, 2.45) is 5.92 Å². The highest BCUT2D eigenvalue weighted by Gasteiger charge is 2.16. The molecule has 0 bridgehead atoms. The van der Waals surface area contributed by atoms with Crippen LogP contribution in [0, 0.1) is 5.92 Å². The van der Waals surface area contributed by atoms with E-state index in [1.54, 1.807) is 0 Å². The summed E-state index contributed by atoms with van der Waals surface area (Å²) < 4.78 is 0. The molecule has 0 fully saturated rings. The highest BCUT2D eigenvalue weighted by atomic mass is 16.2. The van der Waals surface area contributed by atoms with Gasteiger partial charge < -0.3 is 0 Å². The Bertz CT molecular complexity index is 348. The van der Waals surface area contributed by atoms with Crippen molar-refractivity contribution in [2.45, 2.75) is 19.9 Å². The Morgan fingerprint density at radius 1 is 1.38 bits per heavy atom. The molecule has 0 aliphatic carbocycles. The van der Waals surface area contributed by atoms with Crippen LogP contribution < -0.4 is 10.9 Å². The number of benzene rings is 1. The van der Waals surface area contributed by atoms with E-state index in [1.165, 1.54) is 6.92 Å². The maximum absolute atomic E-state index is 10.9. The first-order chi connectivity index (χ1) is 7.65. The van der Waals surface area contributed by atoms with E-state index < -0.39 is 0 Å². The Morgan fingerprint density at radius 2 is 2.00 bits per heavy atom. The molecule has 0 saturated heterocycles. The lowest BCUT2D eigenvalue weighted by Crippen LogP contribution is -2.40. The molecule has 0 saturated carbocycles. The monoisotopic (exact) mass is 218 g/mol. The van der Waals surface area contributed by atoms with Gasteiger partial charge in [-0.25, -0.2) is 5.43 Å². The largest absolute Gasteiger partial charge is 0.291 e. The molecule has 2 atom stereocenters. The van der Waals surface area contributed by atoms with Crippen LogP contribution in [0.3, 0.4) is 0 Å². The van der Waals surface area contributed by atoms with E-state index in [-0.39, 0.29) is 17.9 Å². The average Bonchev–Trinajstić information content (AvgIpc) is 2.30. The zero-order valence-corrected chi connectivity index (χ0v) is 9.73. The van der Waals surface area contributed by atoms with Crippen LogP contribution in [0.25, 0.3) is 0 Å². The van der Waals surface area contributed by atoms with Gasteiger partial charge >= 0.3 is 0 Å². The maximum atomic E-state index is 10.9. The summed E-state index contributed by atoms with van der Waals surface area (Å²) in [5, 5.41) is 0. The molecule has 0 heterocycles. The molecule has 86 valence electrons. The SMILES string of the molecule is C=C[C@@H](C)[C@@H](NNC(C)=O)c1ccccc1. The minimum atomic E-state index is -0.0998. The summed E-state index contributed by atoms with van der Waals surface area (Å²) in [7, 11) is 0. The van der Waals surface area contributed by atoms with Gasteiger partial charge in [0.05, 0.1) is 6.04 Å². The number of hydrazine groups is 1. The lowest BCUT2D eigenvalue weighted by atomic mass is 9.95. The number of hydrogen-bond acceptors (Lipinski definition) is 2. The van der Waals surface area contributed by atoms with Gasteiger partial charge in [0.25, 0.3) is 0 Å². The quantitative estimate of drug-likeness (QED) is 0.587. The molecule has 0 aliphatic rings. The topological polar surface area (TPSA) is 41.1 Å². The molecule has 0 aromatic heterocycles. The Kier molecular flexibility index (Phi) is 4.73. The average molecular weight is 218 g/mol. The number of hydrogen-bond donors (Lipinski definition) is 2. The minimum Gasteiger partial charge on any atom is -0.291 e. The Labute approximate surface area is 96.5 Å². The molecule has 1 amide bonds. The normalized spacial score (nSPS) is 13.9. The van der Waals surface area contributed by atoms with Crippen molar-refractivity contribution in [3.63, 3.8) is 0 Å². The van der Waals surface area contributed by atoms with Crippen LogP contribution in [0.15, 0.2) is 43.0 Å². The lowest BCUT2D eigenvalue weighted by molar-refractivity contribution is -0.120. The number of carbonyl (C=O) groups excluding carboxylic acids is 1. The third-order valence-electron chi connectivity index (χ3n) is 2.46. The van der Waals surface area contributed by atoms with Crippen LogP contribution in [-0.4, -0.2) is 5.91 Å². The summed E-state index contributed by atoms with van der Waals surface area (Å²) >= 11 is 0. The predicted molar refractivity (Wildman–Crippen MR) is 65.5 cm³/mol. The molecule has 0 radical (unpaired) electrons. The number of rotatable bonds is 5. The molecule has 1 rings (SSSR count). The van der Waals surface area contributed by atoms with E-state index in [0.29, 0.717) is 0 Å². The van der Waals surface area contributed by atoms with Gasteiger partial charge in [-0.15, -0.1) is 6.58 Å². The molecule has 1 aromatic rings. The van der Waals surface area contributed by atoms with E-state index in [4.69, 9.17) is 0 Å². The molecule has 2 N–H and O–H groups in total. The lowest BCUT2D eigenvalue weighted by Gasteiger charge is -2.23. The third-order valence-corrected chi connectivity index (χ3v) is 2.46. The van der Waals surface area contributed by atoms with Crippen molar-refractivity contribution in [1.82, 2.24) is 10.9 Å².